The molecule has 1 heterocycles. The number of thioether (sulfide) groups is 1. The number of unbranched alkanes of at least 4 members (excludes halogenated alkanes) is 2. The molecule has 2 rings (SSSR count). The number of carbonyl (C=O) groups excluding carboxylic acids is 2. The molecule has 1 aliphatic rings. The van der Waals surface area contributed by atoms with Crippen LogP contribution in [0, 0.1) is 0 Å². The van der Waals surface area contributed by atoms with Crippen LogP contribution in [0.2, 0.25) is 0 Å². The number of anilines is 2. The van der Waals surface area contributed by atoms with E-state index in [1.807, 2.05) is 12.1 Å². The minimum Gasteiger partial charge on any atom is -0.330 e. The number of hydrogen-bond donors (Lipinski definition) is 3. The van der Waals surface area contributed by atoms with Gasteiger partial charge in [0, 0.05) is 17.0 Å². The summed E-state index contributed by atoms with van der Waals surface area (Å²) in [5.74, 6) is 0.435. The molecule has 2 amide bonds. The highest BCUT2D eigenvalue weighted by atomic mass is 32.2. The van der Waals surface area contributed by atoms with Gasteiger partial charge < -0.3 is 16.4 Å². The minimum absolute atomic E-state index is 0.00300. The summed E-state index contributed by atoms with van der Waals surface area (Å²) in [7, 11) is 0. The van der Waals surface area contributed by atoms with Crippen LogP contribution in [0.4, 0.5) is 11.4 Å². The Labute approximate surface area is 122 Å². The van der Waals surface area contributed by atoms with E-state index in [4.69, 9.17) is 5.73 Å². The van der Waals surface area contributed by atoms with Gasteiger partial charge in [0.2, 0.25) is 11.8 Å². The molecule has 108 valence electrons. The fourth-order valence-corrected chi connectivity index (χ4v) is 2.78. The number of nitrogens with one attached hydrogen (secondary N) is 2. The summed E-state index contributed by atoms with van der Waals surface area (Å²) in [6, 6.07) is 5.59. The summed E-state index contributed by atoms with van der Waals surface area (Å²) in [6.45, 7) is 0.670. The Balaban J connectivity index is 1.88. The lowest BCUT2D eigenvalue weighted by molar-refractivity contribution is -0.116. The van der Waals surface area contributed by atoms with Crippen LogP contribution in [0.5, 0.6) is 0 Å². The summed E-state index contributed by atoms with van der Waals surface area (Å²) in [6.07, 6.45) is 3.27. The van der Waals surface area contributed by atoms with E-state index in [1.165, 1.54) is 11.8 Å². The Bertz CT molecular complexity index is 505. The van der Waals surface area contributed by atoms with E-state index in [1.54, 1.807) is 6.07 Å². The van der Waals surface area contributed by atoms with Gasteiger partial charge in [-0.05, 0) is 37.6 Å². The molecule has 0 saturated heterocycles. The van der Waals surface area contributed by atoms with Crippen molar-refractivity contribution in [1.29, 1.82) is 0 Å². The normalized spacial score (nSPS) is 13.6. The molecule has 6 heteroatoms. The Kier molecular flexibility index (Phi) is 5.43. The van der Waals surface area contributed by atoms with Gasteiger partial charge in [-0.15, -0.1) is 11.8 Å². The van der Waals surface area contributed by atoms with Crippen LogP contribution in [-0.2, 0) is 9.59 Å². The Hall–Kier alpha value is -1.53. The van der Waals surface area contributed by atoms with Crippen molar-refractivity contribution in [2.75, 3.05) is 22.9 Å². The second-order valence-electron chi connectivity index (χ2n) is 4.70. The van der Waals surface area contributed by atoms with E-state index in [0.29, 0.717) is 18.7 Å². The zero-order chi connectivity index (χ0) is 14.4. The number of amides is 2. The summed E-state index contributed by atoms with van der Waals surface area (Å²) < 4.78 is 0. The van der Waals surface area contributed by atoms with E-state index in [2.05, 4.69) is 10.6 Å². The Morgan fingerprint density at radius 2 is 2.20 bits per heavy atom. The molecular weight excluding hydrogens is 274 g/mol. The van der Waals surface area contributed by atoms with Crippen LogP contribution in [0.15, 0.2) is 23.1 Å². The van der Waals surface area contributed by atoms with Gasteiger partial charge in [0.05, 0.1) is 11.4 Å². The van der Waals surface area contributed by atoms with Crippen molar-refractivity contribution in [2.45, 2.75) is 30.6 Å². The molecule has 0 aliphatic carbocycles. The van der Waals surface area contributed by atoms with Gasteiger partial charge in [-0.25, -0.2) is 0 Å². The van der Waals surface area contributed by atoms with E-state index in [-0.39, 0.29) is 11.8 Å². The molecule has 0 unspecified atom stereocenters. The number of rotatable bonds is 6. The first kappa shape index (κ1) is 14.9. The van der Waals surface area contributed by atoms with Crippen molar-refractivity contribution in [3.05, 3.63) is 18.2 Å². The minimum atomic E-state index is -0.00670. The van der Waals surface area contributed by atoms with E-state index in [9.17, 15) is 9.59 Å². The molecular formula is C14H19N3O2S. The summed E-state index contributed by atoms with van der Waals surface area (Å²) in [5, 5.41) is 5.66. The molecule has 0 saturated carbocycles. The first-order chi connectivity index (χ1) is 9.69. The Morgan fingerprint density at radius 3 is 3.00 bits per heavy atom. The van der Waals surface area contributed by atoms with Crippen molar-refractivity contribution in [2.24, 2.45) is 5.73 Å². The second kappa shape index (κ2) is 7.31. The maximum absolute atomic E-state index is 11.8. The van der Waals surface area contributed by atoms with Crippen molar-refractivity contribution in [3.8, 4) is 0 Å². The van der Waals surface area contributed by atoms with Crippen molar-refractivity contribution >= 4 is 35.0 Å². The lowest BCUT2D eigenvalue weighted by atomic mass is 10.2. The highest BCUT2D eigenvalue weighted by Gasteiger charge is 2.15. The van der Waals surface area contributed by atoms with Gasteiger partial charge in [0.15, 0.2) is 0 Å². The molecule has 5 nitrogen and oxygen atoms in total. The first-order valence-corrected chi connectivity index (χ1v) is 7.74. The Morgan fingerprint density at radius 1 is 1.35 bits per heavy atom. The van der Waals surface area contributed by atoms with Crippen LogP contribution in [-0.4, -0.2) is 24.1 Å². The van der Waals surface area contributed by atoms with Crippen LogP contribution >= 0.6 is 11.8 Å². The lowest BCUT2D eigenvalue weighted by Crippen LogP contribution is -2.19. The molecule has 1 aromatic rings. The highest BCUT2D eigenvalue weighted by Crippen LogP contribution is 2.33. The predicted molar refractivity (Wildman–Crippen MR) is 81.9 cm³/mol. The first-order valence-electron chi connectivity index (χ1n) is 6.75. The average molecular weight is 293 g/mol. The monoisotopic (exact) mass is 293 g/mol. The fourth-order valence-electron chi connectivity index (χ4n) is 1.99. The topological polar surface area (TPSA) is 84.2 Å². The standard InChI is InChI=1S/C14H19N3O2S/c15-7-3-1-2-4-13(18)16-10-5-6-12-11(8-10)17-14(19)9-20-12/h5-6,8H,1-4,7,9,15H2,(H,16,18)(H,17,19). The van der Waals surface area contributed by atoms with Gasteiger partial charge in [0.1, 0.15) is 0 Å². The summed E-state index contributed by atoms with van der Waals surface area (Å²) in [5.41, 5.74) is 6.90. The summed E-state index contributed by atoms with van der Waals surface area (Å²) in [4.78, 5) is 24.1. The number of hydrogen-bond acceptors (Lipinski definition) is 4. The molecule has 0 fully saturated rings. The zero-order valence-electron chi connectivity index (χ0n) is 11.3. The second-order valence-corrected chi connectivity index (χ2v) is 5.71. The number of benzene rings is 1. The zero-order valence-corrected chi connectivity index (χ0v) is 12.1. The molecule has 20 heavy (non-hydrogen) atoms. The highest BCUT2D eigenvalue weighted by molar-refractivity contribution is 8.00. The largest absolute Gasteiger partial charge is 0.330 e. The fraction of sp³-hybridized carbons (Fsp3) is 0.429. The third kappa shape index (κ3) is 4.25. The molecule has 0 spiro atoms. The molecule has 0 radical (unpaired) electrons. The average Bonchev–Trinajstić information content (AvgIpc) is 2.43. The summed E-state index contributed by atoms with van der Waals surface area (Å²) >= 11 is 1.51. The van der Waals surface area contributed by atoms with Gasteiger partial charge >= 0.3 is 0 Å². The molecule has 4 N–H and O–H groups in total. The maximum Gasteiger partial charge on any atom is 0.234 e. The van der Waals surface area contributed by atoms with Crippen molar-refractivity contribution < 1.29 is 9.59 Å². The van der Waals surface area contributed by atoms with E-state index >= 15 is 0 Å². The van der Waals surface area contributed by atoms with Crippen LogP contribution in [0.1, 0.15) is 25.7 Å². The number of carbonyl (C=O) groups is 2. The number of nitrogens with two attached hydrogens (primary N) is 1. The predicted octanol–water partition coefficient (Wildman–Crippen LogP) is 2.19. The third-order valence-corrected chi connectivity index (χ3v) is 4.08. The third-order valence-electron chi connectivity index (χ3n) is 3.00. The molecule has 1 aromatic carbocycles. The molecule has 1 aliphatic heterocycles. The van der Waals surface area contributed by atoms with Gasteiger partial charge in [-0.3, -0.25) is 9.59 Å². The van der Waals surface area contributed by atoms with E-state index in [0.717, 1.165) is 35.5 Å². The number of fused-ring (bicyclic) bond motifs is 1. The van der Waals surface area contributed by atoms with Crippen molar-refractivity contribution in [1.82, 2.24) is 0 Å². The van der Waals surface area contributed by atoms with Crippen LogP contribution in [0.3, 0.4) is 0 Å². The molecule has 0 aromatic heterocycles. The lowest BCUT2D eigenvalue weighted by Gasteiger charge is -2.17. The maximum atomic E-state index is 11.8. The van der Waals surface area contributed by atoms with Crippen LogP contribution < -0.4 is 16.4 Å². The van der Waals surface area contributed by atoms with Crippen LogP contribution in [0.25, 0.3) is 0 Å². The van der Waals surface area contributed by atoms with E-state index < -0.39 is 0 Å². The SMILES string of the molecule is NCCCCCC(=O)Nc1ccc2c(c1)NC(=O)CS2. The molecule has 0 bridgehead atoms. The molecule has 0 atom stereocenters. The van der Waals surface area contributed by atoms with Gasteiger partial charge in [-0.1, -0.05) is 6.42 Å². The van der Waals surface area contributed by atoms with Gasteiger partial charge in [-0.2, -0.15) is 0 Å². The van der Waals surface area contributed by atoms with Crippen molar-refractivity contribution in [3.63, 3.8) is 0 Å². The smallest absolute Gasteiger partial charge is 0.234 e. The van der Waals surface area contributed by atoms with Gasteiger partial charge in [0.25, 0.3) is 0 Å². The quantitative estimate of drug-likeness (QED) is 0.702.